The Kier molecular flexibility index (Phi) is 7.36. The first-order valence-electron chi connectivity index (χ1n) is 10.7. The normalized spacial score (nSPS) is 14.9. The number of furan rings is 1. The fourth-order valence-corrected chi connectivity index (χ4v) is 4.47. The number of thiophene rings is 1. The van der Waals surface area contributed by atoms with Crippen molar-refractivity contribution in [3.63, 3.8) is 0 Å². The number of piperazine rings is 1. The molecule has 1 aromatic carbocycles. The molecule has 168 valence electrons. The van der Waals surface area contributed by atoms with E-state index in [9.17, 15) is 9.59 Å². The summed E-state index contributed by atoms with van der Waals surface area (Å²) in [4.78, 5) is 31.9. The van der Waals surface area contributed by atoms with E-state index >= 15 is 0 Å². The van der Waals surface area contributed by atoms with E-state index in [1.54, 1.807) is 53.8 Å². The fraction of sp³-hybridized carbons (Fsp3) is 0.333. The van der Waals surface area contributed by atoms with Crippen LogP contribution in [0.3, 0.4) is 0 Å². The number of nitrogens with zero attached hydrogens (tertiary/aromatic N) is 3. The van der Waals surface area contributed by atoms with Gasteiger partial charge in [0.25, 0.3) is 5.91 Å². The molecule has 0 unspecified atom stereocenters. The van der Waals surface area contributed by atoms with Gasteiger partial charge >= 0.3 is 0 Å². The number of para-hydroxylation sites is 1. The van der Waals surface area contributed by atoms with Crippen LogP contribution in [0.1, 0.15) is 21.7 Å². The second-order valence-corrected chi connectivity index (χ2v) is 8.70. The zero-order valence-electron chi connectivity index (χ0n) is 18.2. The quantitative estimate of drug-likeness (QED) is 0.569. The van der Waals surface area contributed by atoms with E-state index in [0.717, 1.165) is 32.7 Å². The van der Waals surface area contributed by atoms with Crippen molar-refractivity contribution in [1.29, 1.82) is 0 Å². The highest BCUT2D eigenvalue weighted by Crippen LogP contribution is 2.20. The molecule has 4 rings (SSSR count). The van der Waals surface area contributed by atoms with Crippen molar-refractivity contribution in [1.82, 2.24) is 15.1 Å². The maximum absolute atomic E-state index is 13.0. The Bertz CT molecular complexity index is 1010. The maximum Gasteiger partial charge on any atom is 0.253 e. The van der Waals surface area contributed by atoms with Gasteiger partial charge < -0.3 is 14.6 Å². The summed E-state index contributed by atoms with van der Waals surface area (Å²) in [6.45, 7) is 5.20. The zero-order valence-corrected chi connectivity index (χ0v) is 19.0. The summed E-state index contributed by atoms with van der Waals surface area (Å²) in [5.74, 6) is 0.416. The van der Waals surface area contributed by atoms with Crippen LogP contribution in [0, 0.1) is 0 Å². The van der Waals surface area contributed by atoms with Crippen LogP contribution < -0.4 is 10.2 Å². The Morgan fingerprint density at radius 2 is 1.84 bits per heavy atom. The van der Waals surface area contributed by atoms with Gasteiger partial charge in [0.05, 0.1) is 30.6 Å². The van der Waals surface area contributed by atoms with Crippen molar-refractivity contribution in [3.8, 4) is 0 Å². The Morgan fingerprint density at radius 1 is 1.06 bits per heavy atom. The van der Waals surface area contributed by atoms with Crippen molar-refractivity contribution < 1.29 is 14.0 Å². The molecular weight excluding hydrogens is 424 g/mol. The number of carbonyl (C=O) groups is 2. The number of hydrogen-bond donors (Lipinski definition) is 1. The van der Waals surface area contributed by atoms with E-state index in [-0.39, 0.29) is 11.8 Å². The van der Waals surface area contributed by atoms with E-state index in [4.69, 9.17) is 4.42 Å². The van der Waals surface area contributed by atoms with E-state index in [2.05, 4.69) is 31.9 Å². The summed E-state index contributed by atoms with van der Waals surface area (Å²) in [5, 5.41) is 7.15. The van der Waals surface area contributed by atoms with Gasteiger partial charge in [0.2, 0.25) is 5.91 Å². The maximum atomic E-state index is 13.0. The van der Waals surface area contributed by atoms with E-state index in [1.165, 1.54) is 5.56 Å². The predicted molar refractivity (Wildman–Crippen MR) is 126 cm³/mol. The molecule has 8 heteroatoms. The van der Waals surface area contributed by atoms with Crippen LogP contribution in [0.4, 0.5) is 5.69 Å². The molecule has 1 N–H and O–H groups in total. The molecule has 0 radical (unpaired) electrons. The number of carbonyl (C=O) groups excluding carboxylic acids is 2. The summed E-state index contributed by atoms with van der Waals surface area (Å²) < 4.78 is 5.27. The smallest absolute Gasteiger partial charge is 0.253 e. The molecule has 0 aliphatic carbocycles. The van der Waals surface area contributed by atoms with Gasteiger partial charge in [-0.3, -0.25) is 19.4 Å². The van der Waals surface area contributed by atoms with Crippen LogP contribution in [-0.4, -0.2) is 61.4 Å². The Labute approximate surface area is 192 Å². The number of rotatable bonds is 8. The van der Waals surface area contributed by atoms with Crippen LogP contribution in [-0.2, 0) is 17.9 Å². The highest BCUT2D eigenvalue weighted by atomic mass is 32.1. The Morgan fingerprint density at radius 3 is 2.56 bits per heavy atom. The first kappa shape index (κ1) is 22.3. The number of hydrogen-bond acceptors (Lipinski definition) is 6. The topological polar surface area (TPSA) is 69.0 Å². The Balaban J connectivity index is 1.31. The highest BCUT2D eigenvalue weighted by molar-refractivity contribution is 7.07. The van der Waals surface area contributed by atoms with E-state index in [1.807, 2.05) is 12.1 Å². The molecule has 1 aliphatic rings. The fourth-order valence-electron chi connectivity index (χ4n) is 3.81. The molecule has 0 atom stereocenters. The molecule has 0 bridgehead atoms. The van der Waals surface area contributed by atoms with Gasteiger partial charge in [0.15, 0.2) is 0 Å². The number of nitrogens with one attached hydrogen (secondary N) is 1. The molecule has 7 nitrogen and oxygen atoms in total. The minimum absolute atomic E-state index is 0.0254. The standard InChI is InChI=1S/C24H28N4O3S/c1-26(22-7-3-2-6-21(22)24(30)25-15-20-5-4-13-31-20)23(29)17-28-11-9-27(10-12-28)16-19-8-14-32-18-19/h2-8,13-14,18H,9-12,15-17H2,1H3,(H,25,30). The lowest BCUT2D eigenvalue weighted by atomic mass is 10.1. The van der Waals surface area contributed by atoms with Gasteiger partial charge in [-0.05, 0) is 46.7 Å². The molecule has 3 heterocycles. The molecule has 1 aliphatic heterocycles. The van der Waals surface area contributed by atoms with Gasteiger partial charge in [-0.15, -0.1) is 0 Å². The molecule has 0 saturated carbocycles. The van der Waals surface area contributed by atoms with Gasteiger partial charge in [-0.25, -0.2) is 0 Å². The molecule has 0 spiro atoms. The van der Waals surface area contributed by atoms with E-state index < -0.39 is 0 Å². The Hall–Kier alpha value is -2.94. The van der Waals surface area contributed by atoms with Crippen molar-refractivity contribution in [3.05, 3.63) is 76.4 Å². The third-order valence-electron chi connectivity index (χ3n) is 5.70. The highest BCUT2D eigenvalue weighted by Gasteiger charge is 2.23. The number of amides is 2. The molecule has 1 saturated heterocycles. The monoisotopic (exact) mass is 452 g/mol. The lowest BCUT2D eigenvalue weighted by Gasteiger charge is -2.35. The van der Waals surface area contributed by atoms with Gasteiger partial charge in [-0.2, -0.15) is 11.3 Å². The number of benzene rings is 1. The van der Waals surface area contributed by atoms with Crippen molar-refractivity contribution in [2.24, 2.45) is 0 Å². The molecular formula is C24H28N4O3S. The summed E-state index contributed by atoms with van der Waals surface area (Å²) >= 11 is 1.72. The molecule has 32 heavy (non-hydrogen) atoms. The van der Waals surface area contributed by atoms with Crippen LogP contribution in [0.15, 0.2) is 63.9 Å². The summed E-state index contributed by atoms with van der Waals surface area (Å²) in [6, 6.07) is 12.9. The van der Waals surface area contributed by atoms with Crippen LogP contribution in [0.25, 0.3) is 0 Å². The SMILES string of the molecule is CN(C(=O)CN1CCN(Cc2ccsc2)CC1)c1ccccc1C(=O)NCc1ccco1. The lowest BCUT2D eigenvalue weighted by molar-refractivity contribution is -0.119. The average Bonchev–Trinajstić information content (AvgIpc) is 3.52. The summed E-state index contributed by atoms with van der Waals surface area (Å²) in [7, 11) is 1.73. The molecule has 3 aromatic rings. The van der Waals surface area contributed by atoms with Crippen molar-refractivity contribution in [2.75, 3.05) is 44.7 Å². The third kappa shape index (κ3) is 5.64. The van der Waals surface area contributed by atoms with Crippen LogP contribution in [0.2, 0.25) is 0 Å². The predicted octanol–water partition coefficient (Wildman–Crippen LogP) is 3.05. The number of anilines is 1. The van der Waals surface area contributed by atoms with Crippen molar-refractivity contribution >= 4 is 28.8 Å². The average molecular weight is 453 g/mol. The van der Waals surface area contributed by atoms with Crippen LogP contribution >= 0.6 is 11.3 Å². The summed E-state index contributed by atoms with van der Waals surface area (Å²) in [5.41, 5.74) is 2.42. The minimum atomic E-state index is -0.237. The van der Waals surface area contributed by atoms with Gasteiger partial charge in [0, 0.05) is 39.8 Å². The first-order chi connectivity index (χ1) is 15.6. The second kappa shape index (κ2) is 10.6. The second-order valence-electron chi connectivity index (χ2n) is 7.92. The van der Waals surface area contributed by atoms with Crippen LogP contribution in [0.5, 0.6) is 0 Å². The third-order valence-corrected chi connectivity index (χ3v) is 6.43. The molecule has 2 aromatic heterocycles. The first-order valence-corrected chi connectivity index (χ1v) is 11.7. The van der Waals surface area contributed by atoms with E-state index in [0.29, 0.717) is 30.1 Å². The van der Waals surface area contributed by atoms with Crippen molar-refractivity contribution in [2.45, 2.75) is 13.1 Å². The number of likely N-dealkylation sites (N-methyl/N-ethyl adjacent to an activating group) is 1. The summed E-state index contributed by atoms with van der Waals surface area (Å²) in [6.07, 6.45) is 1.57. The molecule has 1 fully saturated rings. The molecule has 2 amide bonds. The van der Waals surface area contributed by atoms with Gasteiger partial charge in [0.1, 0.15) is 5.76 Å². The lowest BCUT2D eigenvalue weighted by Crippen LogP contribution is -2.49. The zero-order chi connectivity index (χ0) is 22.3. The van der Waals surface area contributed by atoms with Gasteiger partial charge in [-0.1, -0.05) is 12.1 Å². The largest absolute Gasteiger partial charge is 0.467 e. The minimum Gasteiger partial charge on any atom is -0.467 e.